The van der Waals surface area contributed by atoms with Crippen molar-refractivity contribution in [2.24, 2.45) is 0 Å². The van der Waals surface area contributed by atoms with Gasteiger partial charge in [0.25, 0.3) is 0 Å². The molecule has 3 heteroatoms. The highest BCUT2D eigenvalue weighted by molar-refractivity contribution is 7.25. The van der Waals surface area contributed by atoms with E-state index in [0.29, 0.717) is 0 Å². The first-order valence-electron chi connectivity index (χ1n) is 14.9. The molecule has 0 spiro atoms. The van der Waals surface area contributed by atoms with Gasteiger partial charge in [0.1, 0.15) is 4.83 Å². The third-order valence-corrected chi connectivity index (χ3v) is 9.79. The van der Waals surface area contributed by atoms with Gasteiger partial charge in [0.2, 0.25) is 0 Å². The smallest absolute Gasteiger partial charge is 0.124 e. The van der Waals surface area contributed by atoms with E-state index in [1.807, 2.05) is 12.3 Å². The Morgan fingerprint density at radius 2 is 1.14 bits per heavy atom. The lowest BCUT2D eigenvalue weighted by molar-refractivity contribution is 1.30. The molecule has 206 valence electrons. The van der Waals surface area contributed by atoms with Crippen LogP contribution in [0.4, 0.5) is 17.1 Å². The predicted octanol–water partition coefficient (Wildman–Crippen LogP) is 12.0. The Bertz CT molecular complexity index is 2490. The molecule has 0 aliphatic carbocycles. The van der Waals surface area contributed by atoms with Crippen LogP contribution in [-0.4, -0.2) is 4.98 Å². The molecular weight excluding hydrogens is 553 g/mol. The molecule has 0 unspecified atom stereocenters. The van der Waals surface area contributed by atoms with E-state index in [0.717, 1.165) is 21.9 Å². The lowest BCUT2D eigenvalue weighted by Crippen LogP contribution is -2.10. The Labute approximate surface area is 259 Å². The van der Waals surface area contributed by atoms with Crippen LogP contribution in [0, 0.1) is 0 Å². The number of benzene rings is 7. The first-order chi connectivity index (χ1) is 21.8. The zero-order valence-electron chi connectivity index (χ0n) is 23.8. The molecule has 0 N–H and O–H groups in total. The van der Waals surface area contributed by atoms with Gasteiger partial charge >= 0.3 is 0 Å². The summed E-state index contributed by atoms with van der Waals surface area (Å²) in [4.78, 5) is 8.10. The second kappa shape index (κ2) is 10.0. The molecule has 2 aromatic heterocycles. The molecule has 0 bridgehead atoms. The van der Waals surface area contributed by atoms with E-state index in [1.54, 1.807) is 11.3 Å². The van der Waals surface area contributed by atoms with E-state index in [1.165, 1.54) is 58.9 Å². The molecule has 0 atom stereocenters. The molecule has 0 aliphatic rings. The fraction of sp³-hybridized carbons (Fsp3) is 0. The van der Waals surface area contributed by atoms with Crippen LogP contribution >= 0.6 is 11.3 Å². The van der Waals surface area contributed by atoms with Crippen molar-refractivity contribution in [1.29, 1.82) is 0 Å². The van der Waals surface area contributed by atoms with Gasteiger partial charge in [-0.15, -0.1) is 11.3 Å². The zero-order chi connectivity index (χ0) is 29.0. The summed E-state index contributed by atoms with van der Waals surface area (Å²) in [6.45, 7) is 0. The van der Waals surface area contributed by atoms with Gasteiger partial charge in [-0.2, -0.15) is 0 Å². The van der Waals surface area contributed by atoms with Crippen molar-refractivity contribution < 1.29 is 0 Å². The number of aromatic nitrogens is 1. The summed E-state index contributed by atoms with van der Waals surface area (Å²) < 4.78 is 1.24. The Hall–Kier alpha value is -5.51. The Morgan fingerprint density at radius 3 is 2.00 bits per heavy atom. The van der Waals surface area contributed by atoms with Crippen LogP contribution in [0.15, 0.2) is 158 Å². The van der Waals surface area contributed by atoms with Gasteiger partial charge in [0.05, 0.1) is 5.69 Å². The summed E-state index contributed by atoms with van der Waals surface area (Å²) >= 11 is 1.75. The van der Waals surface area contributed by atoms with Crippen molar-refractivity contribution in [3.05, 3.63) is 158 Å². The quantitative estimate of drug-likeness (QED) is 0.193. The normalized spacial score (nSPS) is 11.6. The van der Waals surface area contributed by atoms with E-state index in [-0.39, 0.29) is 0 Å². The molecule has 0 fully saturated rings. The Kier molecular flexibility index (Phi) is 5.71. The highest BCUT2D eigenvalue weighted by Crippen LogP contribution is 2.44. The van der Waals surface area contributed by atoms with Crippen molar-refractivity contribution in [3.63, 3.8) is 0 Å². The molecule has 0 saturated carbocycles. The van der Waals surface area contributed by atoms with E-state index in [9.17, 15) is 0 Å². The summed E-state index contributed by atoms with van der Waals surface area (Å²) in [5.41, 5.74) is 5.82. The second-order valence-corrected chi connectivity index (χ2v) is 12.2. The summed E-state index contributed by atoms with van der Waals surface area (Å²) in [5, 5.41) is 10.1. The lowest BCUT2D eigenvalue weighted by Gasteiger charge is -2.26. The molecule has 7 aromatic carbocycles. The number of nitrogens with zero attached hydrogens (tertiary/aromatic N) is 2. The molecule has 0 amide bonds. The number of rotatable bonds is 4. The molecule has 0 radical (unpaired) electrons. The summed E-state index contributed by atoms with van der Waals surface area (Å²) in [7, 11) is 0. The van der Waals surface area contributed by atoms with Crippen LogP contribution in [0.2, 0.25) is 0 Å². The summed E-state index contributed by atoms with van der Waals surface area (Å²) in [6.07, 6.45) is 1.88. The second-order valence-electron chi connectivity index (χ2n) is 11.2. The molecule has 0 aliphatic heterocycles. The minimum absolute atomic E-state index is 1.06. The van der Waals surface area contributed by atoms with E-state index >= 15 is 0 Å². The Balaban J connectivity index is 1.18. The molecule has 44 heavy (non-hydrogen) atoms. The molecule has 9 aromatic rings. The number of thiophene rings is 1. The first-order valence-corrected chi connectivity index (χ1v) is 15.7. The fourth-order valence-corrected chi connectivity index (χ4v) is 7.70. The van der Waals surface area contributed by atoms with Crippen molar-refractivity contribution in [2.75, 3.05) is 4.90 Å². The zero-order valence-corrected chi connectivity index (χ0v) is 24.6. The van der Waals surface area contributed by atoms with Crippen LogP contribution in [-0.2, 0) is 0 Å². The third-order valence-electron chi connectivity index (χ3n) is 8.71. The maximum absolute atomic E-state index is 4.66. The van der Waals surface area contributed by atoms with Gasteiger partial charge in [-0.1, -0.05) is 97.1 Å². The third kappa shape index (κ3) is 3.98. The van der Waals surface area contributed by atoms with Gasteiger partial charge in [0.15, 0.2) is 0 Å². The number of para-hydroxylation sites is 1. The van der Waals surface area contributed by atoms with E-state index in [2.05, 4.69) is 155 Å². The average molecular weight is 579 g/mol. The fourth-order valence-electron chi connectivity index (χ4n) is 6.63. The SMILES string of the molecule is c1ccc(N(c2ccc(-c3ccc4ccc5c6ccccc6ccc5c4c3)cc2)c2cccc3sc4ncccc4c23)cc1. The van der Waals surface area contributed by atoms with Crippen LogP contribution in [0.25, 0.3) is 63.7 Å². The van der Waals surface area contributed by atoms with Crippen LogP contribution in [0.1, 0.15) is 0 Å². The topological polar surface area (TPSA) is 16.1 Å². The average Bonchev–Trinajstić information content (AvgIpc) is 3.48. The number of anilines is 3. The Morgan fingerprint density at radius 1 is 0.455 bits per heavy atom. The molecule has 2 heterocycles. The van der Waals surface area contributed by atoms with E-state index in [4.69, 9.17) is 0 Å². The summed E-state index contributed by atoms with van der Waals surface area (Å²) in [6, 6.07) is 54.9. The van der Waals surface area contributed by atoms with Crippen LogP contribution in [0.5, 0.6) is 0 Å². The number of hydrogen-bond acceptors (Lipinski definition) is 3. The largest absolute Gasteiger partial charge is 0.310 e. The minimum atomic E-state index is 1.06. The van der Waals surface area contributed by atoms with Gasteiger partial charge in [-0.3, -0.25) is 0 Å². The first kappa shape index (κ1) is 25.0. The van der Waals surface area contributed by atoms with Crippen molar-refractivity contribution in [1.82, 2.24) is 4.98 Å². The molecular formula is C41H26N2S. The number of hydrogen-bond donors (Lipinski definition) is 0. The molecule has 2 nitrogen and oxygen atoms in total. The monoisotopic (exact) mass is 578 g/mol. The number of fused-ring (bicyclic) bond motifs is 8. The van der Waals surface area contributed by atoms with Crippen LogP contribution in [0.3, 0.4) is 0 Å². The van der Waals surface area contributed by atoms with Crippen molar-refractivity contribution >= 4 is 81.0 Å². The van der Waals surface area contributed by atoms with Crippen molar-refractivity contribution in [3.8, 4) is 11.1 Å². The van der Waals surface area contributed by atoms with Gasteiger partial charge in [-0.05, 0) is 98.0 Å². The maximum atomic E-state index is 4.66. The minimum Gasteiger partial charge on any atom is -0.310 e. The predicted molar refractivity (Wildman–Crippen MR) is 190 cm³/mol. The van der Waals surface area contributed by atoms with Gasteiger partial charge in [0, 0.05) is 33.0 Å². The maximum Gasteiger partial charge on any atom is 0.124 e. The molecule has 9 rings (SSSR count). The van der Waals surface area contributed by atoms with E-state index < -0.39 is 0 Å². The van der Waals surface area contributed by atoms with Gasteiger partial charge < -0.3 is 4.90 Å². The number of pyridine rings is 1. The molecule has 0 saturated heterocycles. The highest BCUT2D eigenvalue weighted by Gasteiger charge is 2.18. The standard InChI is InChI=1S/C41H26N2S/c1-2-9-31(10-3-1)43(38-13-6-14-39-40(38)36-12-7-25-42-41(36)44-39)32-21-17-27(18-22-32)30-16-15-29-20-23-34-33-11-5-4-8-28(33)19-24-35(34)37(29)26-30/h1-26H. The summed E-state index contributed by atoms with van der Waals surface area (Å²) in [5.74, 6) is 0. The van der Waals surface area contributed by atoms with Crippen LogP contribution < -0.4 is 4.90 Å². The lowest BCUT2D eigenvalue weighted by atomic mass is 9.94. The van der Waals surface area contributed by atoms with Crippen molar-refractivity contribution in [2.45, 2.75) is 0 Å². The highest BCUT2D eigenvalue weighted by atomic mass is 32.1. The van der Waals surface area contributed by atoms with Gasteiger partial charge in [-0.25, -0.2) is 4.98 Å².